The fourth-order valence-electron chi connectivity index (χ4n) is 1.45. The highest BCUT2D eigenvalue weighted by molar-refractivity contribution is 5.48. The summed E-state index contributed by atoms with van der Waals surface area (Å²) in [5, 5.41) is 8.56. The second kappa shape index (κ2) is 6.49. The molecule has 0 bridgehead atoms. The van der Waals surface area contributed by atoms with Gasteiger partial charge in [0, 0.05) is 18.4 Å². The number of hydrogen-bond donors (Lipinski definition) is 2. The zero-order valence-electron chi connectivity index (χ0n) is 9.83. The van der Waals surface area contributed by atoms with Crippen LogP contribution in [-0.2, 0) is 6.18 Å². The molecule has 0 heterocycles. The fourth-order valence-corrected chi connectivity index (χ4v) is 1.45. The molecule has 0 atom stereocenters. The van der Waals surface area contributed by atoms with Crippen molar-refractivity contribution < 1.29 is 23.0 Å². The largest absolute Gasteiger partial charge is 0.494 e. The summed E-state index contributed by atoms with van der Waals surface area (Å²) in [6.45, 7) is 0.414. The Morgan fingerprint density at radius 3 is 2.44 bits per heavy atom. The highest BCUT2D eigenvalue weighted by Gasteiger charge is 2.31. The van der Waals surface area contributed by atoms with Gasteiger partial charge < -0.3 is 15.6 Å². The van der Waals surface area contributed by atoms with E-state index >= 15 is 0 Å². The van der Waals surface area contributed by atoms with Crippen molar-refractivity contribution in [1.29, 1.82) is 0 Å². The standard InChI is InChI=1S/C12H16F3NO2/c13-12(14,15)9-6-10(16)8-11(7-9)18-5-3-1-2-4-17/h6-8,17H,1-5,16H2. The van der Waals surface area contributed by atoms with Gasteiger partial charge in [-0.2, -0.15) is 13.2 Å². The van der Waals surface area contributed by atoms with Crippen LogP contribution < -0.4 is 10.5 Å². The molecule has 0 radical (unpaired) electrons. The van der Waals surface area contributed by atoms with Crippen molar-refractivity contribution in [2.24, 2.45) is 0 Å². The molecule has 0 aliphatic heterocycles. The number of halogens is 3. The van der Waals surface area contributed by atoms with Crippen LogP contribution in [0.25, 0.3) is 0 Å². The molecule has 0 aromatic heterocycles. The van der Waals surface area contributed by atoms with E-state index in [0.29, 0.717) is 19.4 Å². The Labute approximate surface area is 103 Å². The van der Waals surface area contributed by atoms with E-state index in [-0.39, 0.29) is 18.0 Å². The van der Waals surface area contributed by atoms with E-state index in [9.17, 15) is 13.2 Å². The summed E-state index contributed by atoms with van der Waals surface area (Å²) in [5.41, 5.74) is 4.61. The molecule has 0 aliphatic rings. The van der Waals surface area contributed by atoms with Gasteiger partial charge in [-0.25, -0.2) is 0 Å². The smallest absolute Gasteiger partial charge is 0.416 e. The molecule has 0 unspecified atom stereocenters. The van der Waals surface area contributed by atoms with Gasteiger partial charge in [-0.1, -0.05) is 0 Å². The maximum Gasteiger partial charge on any atom is 0.416 e. The Balaban J connectivity index is 2.58. The molecule has 0 saturated carbocycles. The SMILES string of the molecule is Nc1cc(OCCCCCO)cc(C(F)(F)F)c1. The molecule has 1 rings (SSSR count). The van der Waals surface area contributed by atoms with Crippen molar-refractivity contribution in [2.75, 3.05) is 18.9 Å². The van der Waals surface area contributed by atoms with Crippen molar-refractivity contribution >= 4 is 5.69 Å². The van der Waals surface area contributed by atoms with E-state index in [2.05, 4.69) is 0 Å². The number of hydrogen-bond acceptors (Lipinski definition) is 3. The van der Waals surface area contributed by atoms with Gasteiger partial charge in [0.25, 0.3) is 0 Å². The second-order valence-corrected chi connectivity index (χ2v) is 3.92. The van der Waals surface area contributed by atoms with Crippen molar-refractivity contribution in [3.8, 4) is 5.75 Å². The molecule has 0 saturated heterocycles. The summed E-state index contributed by atoms with van der Waals surface area (Å²) in [4.78, 5) is 0. The van der Waals surface area contributed by atoms with Gasteiger partial charge in [-0.05, 0) is 31.4 Å². The lowest BCUT2D eigenvalue weighted by Gasteiger charge is -2.11. The van der Waals surface area contributed by atoms with Gasteiger partial charge in [0.2, 0.25) is 0 Å². The van der Waals surface area contributed by atoms with E-state index in [1.807, 2.05) is 0 Å². The molecule has 3 N–H and O–H groups in total. The number of benzene rings is 1. The van der Waals surface area contributed by atoms with Crippen LogP contribution in [-0.4, -0.2) is 18.3 Å². The molecule has 1 aromatic carbocycles. The van der Waals surface area contributed by atoms with Crippen LogP contribution in [0, 0.1) is 0 Å². The van der Waals surface area contributed by atoms with Gasteiger partial charge in [0.05, 0.1) is 12.2 Å². The number of ether oxygens (including phenoxy) is 1. The topological polar surface area (TPSA) is 55.5 Å². The lowest BCUT2D eigenvalue weighted by molar-refractivity contribution is -0.137. The molecule has 0 spiro atoms. The number of anilines is 1. The molecule has 102 valence electrons. The monoisotopic (exact) mass is 263 g/mol. The Morgan fingerprint density at radius 2 is 1.83 bits per heavy atom. The van der Waals surface area contributed by atoms with Crippen LogP contribution >= 0.6 is 0 Å². The van der Waals surface area contributed by atoms with Crippen molar-refractivity contribution in [1.82, 2.24) is 0 Å². The van der Waals surface area contributed by atoms with E-state index in [1.54, 1.807) is 0 Å². The minimum absolute atomic E-state index is 0.0233. The van der Waals surface area contributed by atoms with E-state index in [4.69, 9.17) is 15.6 Å². The van der Waals surface area contributed by atoms with E-state index < -0.39 is 11.7 Å². The molecule has 18 heavy (non-hydrogen) atoms. The minimum Gasteiger partial charge on any atom is -0.494 e. The average Bonchev–Trinajstić information content (AvgIpc) is 2.27. The zero-order valence-corrected chi connectivity index (χ0v) is 9.83. The van der Waals surface area contributed by atoms with E-state index in [1.165, 1.54) is 6.07 Å². The Bertz CT molecular complexity index is 380. The van der Waals surface area contributed by atoms with Gasteiger partial charge in [0.15, 0.2) is 0 Å². The van der Waals surface area contributed by atoms with Crippen molar-refractivity contribution in [3.63, 3.8) is 0 Å². The van der Waals surface area contributed by atoms with Crippen LogP contribution in [0.15, 0.2) is 18.2 Å². The summed E-state index contributed by atoms with van der Waals surface area (Å²) in [6, 6.07) is 3.17. The van der Waals surface area contributed by atoms with Crippen LogP contribution in [0.4, 0.5) is 18.9 Å². The number of nitrogen functional groups attached to an aromatic ring is 1. The first-order valence-corrected chi connectivity index (χ1v) is 5.65. The molecular formula is C12H16F3NO2. The summed E-state index contributed by atoms with van der Waals surface area (Å²) < 4.78 is 42.7. The Morgan fingerprint density at radius 1 is 1.11 bits per heavy atom. The molecule has 6 heteroatoms. The van der Waals surface area contributed by atoms with Gasteiger partial charge in [0.1, 0.15) is 5.75 Å². The van der Waals surface area contributed by atoms with Gasteiger partial charge >= 0.3 is 6.18 Å². The van der Waals surface area contributed by atoms with Crippen LogP contribution in [0.2, 0.25) is 0 Å². The number of aliphatic hydroxyl groups excluding tert-OH is 1. The Kier molecular flexibility index (Phi) is 5.27. The summed E-state index contributed by atoms with van der Waals surface area (Å²) in [6.07, 6.45) is -2.32. The number of nitrogens with two attached hydrogens (primary N) is 1. The number of alkyl halides is 3. The summed E-state index contributed by atoms with van der Waals surface area (Å²) >= 11 is 0. The molecular weight excluding hydrogens is 247 g/mol. The van der Waals surface area contributed by atoms with Gasteiger partial charge in [-0.3, -0.25) is 0 Å². The second-order valence-electron chi connectivity index (χ2n) is 3.92. The predicted octanol–water partition coefficient (Wildman–Crippen LogP) is 2.83. The quantitative estimate of drug-likeness (QED) is 0.613. The average molecular weight is 263 g/mol. The van der Waals surface area contributed by atoms with Crippen LogP contribution in [0.3, 0.4) is 0 Å². The number of aliphatic hydroxyl groups is 1. The summed E-state index contributed by atoms with van der Waals surface area (Å²) in [5.74, 6) is 0.117. The third-order valence-corrected chi connectivity index (χ3v) is 2.33. The van der Waals surface area contributed by atoms with Crippen molar-refractivity contribution in [3.05, 3.63) is 23.8 Å². The first-order valence-electron chi connectivity index (χ1n) is 5.65. The van der Waals surface area contributed by atoms with Crippen LogP contribution in [0.5, 0.6) is 5.75 Å². The molecule has 0 aliphatic carbocycles. The highest BCUT2D eigenvalue weighted by atomic mass is 19.4. The normalized spacial score (nSPS) is 11.6. The number of unbranched alkanes of at least 4 members (excludes halogenated alkanes) is 2. The Hall–Kier alpha value is -1.43. The van der Waals surface area contributed by atoms with E-state index in [0.717, 1.165) is 18.6 Å². The third kappa shape index (κ3) is 4.83. The fraction of sp³-hybridized carbons (Fsp3) is 0.500. The maximum atomic E-state index is 12.5. The first-order chi connectivity index (χ1) is 8.43. The summed E-state index contributed by atoms with van der Waals surface area (Å²) in [7, 11) is 0. The molecule has 0 fully saturated rings. The lowest BCUT2D eigenvalue weighted by atomic mass is 10.2. The molecule has 0 amide bonds. The first kappa shape index (κ1) is 14.6. The van der Waals surface area contributed by atoms with Crippen LogP contribution in [0.1, 0.15) is 24.8 Å². The minimum atomic E-state index is -4.43. The maximum absolute atomic E-state index is 12.5. The number of rotatable bonds is 6. The third-order valence-electron chi connectivity index (χ3n) is 2.33. The van der Waals surface area contributed by atoms with Crippen molar-refractivity contribution in [2.45, 2.75) is 25.4 Å². The predicted molar refractivity (Wildman–Crippen MR) is 62.3 cm³/mol. The lowest BCUT2D eigenvalue weighted by Crippen LogP contribution is -2.07. The molecule has 1 aromatic rings. The van der Waals surface area contributed by atoms with Gasteiger partial charge in [-0.15, -0.1) is 0 Å². The highest BCUT2D eigenvalue weighted by Crippen LogP contribution is 2.33. The zero-order chi connectivity index (χ0) is 13.6. The molecule has 3 nitrogen and oxygen atoms in total.